The van der Waals surface area contributed by atoms with Gasteiger partial charge in [0.2, 0.25) is 11.0 Å². The fourth-order valence-electron chi connectivity index (χ4n) is 1.10. The zero-order valence-electron chi connectivity index (χ0n) is 8.38. The van der Waals surface area contributed by atoms with Gasteiger partial charge in [0.05, 0.1) is 0 Å². The number of aromatic nitrogens is 2. The molecule has 4 N–H and O–H groups in total. The molecule has 0 radical (unpaired) electrons. The van der Waals surface area contributed by atoms with Gasteiger partial charge >= 0.3 is 0 Å². The molecule has 0 unspecified atom stereocenters. The second-order valence-corrected chi connectivity index (χ2v) is 4.55. The maximum Gasteiger partial charge on any atom is 0.293 e. The van der Waals surface area contributed by atoms with E-state index in [1.165, 1.54) is 18.5 Å². The zero-order valence-corrected chi connectivity index (χ0v) is 9.19. The summed E-state index contributed by atoms with van der Waals surface area (Å²) in [6.07, 6.45) is 2.97. The number of amides is 1. The number of nitrogens with zero attached hydrogens (tertiary/aromatic N) is 1. The number of sulfonamides is 1. The van der Waals surface area contributed by atoms with E-state index in [2.05, 4.69) is 15.3 Å². The summed E-state index contributed by atoms with van der Waals surface area (Å²) in [6.45, 7) is 0. The normalized spacial score (nSPS) is 11.4. The number of carbonyl (C=O) groups is 1. The molecule has 2 aromatic heterocycles. The lowest BCUT2D eigenvalue weighted by Gasteiger charge is -1.97. The second kappa shape index (κ2) is 4.03. The first-order chi connectivity index (χ1) is 7.97. The van der Waals surface area contributed by atoms with E-state index in [9.17, 15) is 13.2 Å². The predicted molar refractivity (Wildman–Crippen MR) is 56.6 cm³/mol. The molecule has 2 aromatic rings. The molecule has 2 heterocycles. The molecule has 0 aliphatic rings. The highest BCUT2D eigenvalue weighted by atomic mass is 32.2. The Morgan fingerprint density at radius 3 is 2.76 bits per heavy atom. The highest BCUT2D eigenvalue weighted by molar-refractivity contribution is 7.89. The van der Waals surface area contributed by atoms with Gasteiger partial charge in [0, 0.05) is 12.4 Å². The minimum atomic E-state index is -3.95. The molecule has 0 aliphatic heterocycles. The van der Waals surface area contributed by atoms with Gasteiger partial charge in [-0.2, -0.15) is 0 Å². The van der Waals surface area contributed by atoms with Crippen molar-refractivity contribution in [1.29, 1.82) is 0 Å². The molecule has 0 saturated carbocycles. The molecule has 2 rings (SSSR count). The second-order valence-electron chi connectivity index (χ2n) is 3.06. The molecule has 90 valence electrons. The number of furan rings is 1. The molecule has 1 amide bonds. The quantitative estimate of drug-likeness (QED) is 0.705. The lowest BCUT2D eigenvalue weighted by atomic mass is 10.4. The van der Waals surface area contributed by atoms with Crippen LogP contribution in [-0.2, 0) is 10.0 Å². The maximum absolute atomic E-state index is 11.6. The Morgan fingerprint density at radius 1 is 1.47 bits per heavy atom. The van der Waals surface area contributed by atoms with Crippen LogP contribution in [0.15, 0.2) is 34.0 Å². The van der Waals surface area contributed by atoms with Gasteiger partial charge in [0.1, 0.15) is 0 Å². The summed E-state index contributed by atoms with van der Waals surface area (Å²) < 4.78 is 26.6. The van der Waals surface area contributed by atoms with Gasteiger partial charge in [0.15, 0.2) is 5.76 Å². The largest absolute Gasteiger partial charge is 0.438 e. The minimum Gasteiger partial charge on any atom is -0.438 e. The van der Waals surface area contributed by atoms with Crippen LogP contribution in [0.5, 0.6) is 0 Å². The van der Waals surface area contributed by atoms with Crippen LogP contribution in [0, 0.1) is 0 Å². The number of primary sulfonamides is 1. The van der Waals surface area contributed by atoms with Crippen LogP contribution in [0.1, 0.15) is 10.6 Å². The van der Waals surface area contributed by atoms with Gasteiger partial charge in [-0.1, -0.05) is 0 Å². The molecule has 9 heteroatoms. The van der Waals surface area contributed by atoms with E-state index in [1.807, 2.05) is 0 Å². The number of aromatic amines is 1. The SMILES string of the molecule is NS(=O)(=O)c1ccc(C(=O)Nc2ncc[nH]2)o1. The summed E-state index contributed by atoms with van der Waals surface area (Å²) in [6, 6.07) is 2.31. The molecule has 17 heavy (non-hydrogen) atoms. The number of carbonyl (C=O) groups excluding carboxylic acids is 1. The van der Waals surface area contributed by atoms with Crippen molar-refractivity contribution in [2.24, 2.45) is 5.14 Å². The number of nitrogens with one attached hydrogen (secondary N) is 2. The Morgan fingerprint density at radius 2 is 2.24 bits per heavy atom. The number of hydrogen-bond acceptors (Lipinski definition) is 5. The summed E-state index contributed by atoms with van der Waals surface area (Å²) in [7, 11) is -3.95. The fraction of sp³-hybridized carbons (Fsp3) is 0. The van der Waals surface area contributed by atoms with Gasteiger partial charge in [0.25, 0.3) is 15.9 Å². The molecule has 0 saturated heterocycles. The van der Waals surface area contributed by atoms with Gasteiger partial charge < -0.3 is 9.40 Å². The van der Waals surface area contributed by atoms with Crippen LogP contribution in [0.3, 0.4) is 0 Å². The Balaban J connectivity index is 2.18. The number of anilines is 1. The first-order valence-corrected chi connectivity index (χ1v) is 5.95. The van der Waals surface area contributed by atoms with Crippen molar-refractivity contribution in [2.45, 2.75) is 5.09 Å². The van der Waals surface area contributed by atoms with Crippen LogP contribution in [0.25, 0.3) is 0 Å². The van der Waals surface area contributed by atoms with E-state index in [0.717, 1.165) is 6.07 Å². The number of rotatable bonds is 3. The van der Waals surface area contributed by atoms with Crippen LogP contribution < -0.4 is 10.5 Å². The van der Waals surface area contributed by atoms with Crippen molar-refractivity contribution >= 4 is 21.9 Å². The lowest BCUT2D eigenvalue weighted by Crippen LogP contribution is -2.13. The summed E-state index contributed by atoms with van der Waals surface area (Å²) in [4.78, 5) is 18.0. The Kier molecular flexibility index (Phi) is 2.69. The summed E-state index contributed by atoms with van der Waals surface area (Å²) >= 11 is 0. The number of nitrogens with two attached hydrogens (primary N) is 1. The smallest absolute Gasteiger partial charge is 0.293 e. The predicted octanol–water partition coefficient (Wildman–Crippen LogP) is -0.0976. The van der Waals surface area contributed by atoms with E-state index >= 15 is 0 Å². The Hall–Kier alpha value is -2.13. The van der Waals surface area contributed by atoms with Crippen molar-refractivity contribution in [3.8, 4) is 0 Å². The van der Waals surface area contributed by atoms with E-state index in [4.69, 9.17) is 9.56 Å². The van der Waals surface area contributed by atoms with Gasteiger partial charge in [-0.15, -0.1) is 0 Å². The average molecular weight is 256 g/mol. The number of hydrogen-bond donors (Lipinski definition) is 3. The van der Waals surface area contributed by atoms with E-state index < -0.39 is 21.0 Å². The molecule has 0 spiro atoms. The van der Waals surface area contributed by atoms with Crippen LogP contribution in [0.2, 0.25) is 0 Å². The van der Waals surface area contributed by atoms with Crippen molar-refractivity contribution in [1.82, 2.24) is 9.97 Å². The number of imidazole rings is 1. The van der Waals surface area contributed by atoms with Gasteiger partial charge in [-0.3, -0.25) is 10.1 Å². The first kappa shape index (κ1) is 11.4. The standard InChI is InChI=1S/C8H8N4O4S/c9-17(14,15)6-2-1-5(16-6)7(13)12-8-10-3-4-11-8/h1-4H,(H2,9,14,15)(H2,10,11,12,13). The molecule has 0 atom stereocenters. The molecule has 0 fully saturated rings. The molecular formula is C8H8N4O4S. The monoisotopic (exact) mass is 256 g/mol. The average Bonchev–Trinajstić information content (AvgIpc) is 2.85. The van der Waals surface area contributed by atoms with Gasteiger partial charge in [-0.05, 0) is 12.1 Å². The van der Waals surface area contributed by atoms with E-state index in [1.54, 1.807) is 0 Å². The summed E-state index contributed by atoms with van der Waals surface area (Å²) in [5.74, 6) is -0.580. The Labute approximate surface area is 95.9 Å². The van der Waals surface area contributed by atoms with Crippen molar-refractivity contribution < 1.29 is 17.6 Å². The Bertz CT molecular complexity index is 628. The topological polar surface area (TPSA) is 131 Å². The van der Waals surface area contributed by atoms with Gasteiger partial charge in [-0.25, -0.2) is 18.5 Å². The molecule has 0 aromatic carbocycles. The number of H-pyrrole nitrogens is 1. The lowest BCUT2D eigenvalue weighted by molar-refractivity contribution is 0.0991. The third kappa shape index (κ3) is 2.52. The molecular weight excluding hydrogens is 248 g/mol. The van der Waals surface area contributed by atoms with E-state index in [-0.39, 0.29) is 11.7 Å². The zero-order chi connectivity index (χ0) is 12.5. The first-order valence-electron chi connectivity index (χ1n) is 4.40. The van der Waals surface area contributed by atoms with Crippen LogP contribution in [-0.4, -0.2) is 24.3 Å². The highest BCUT2D eigenvalue weighted by Crippen LogP contribution is 2.13. The maximum atomic E-state index is 11.6. The van der Waals surface area contributed by atoms with Crippen molar-refractivity contribution in [2.75, 3.05) is 5.32 Å². The van der Waals surface area contributed by atoms with Crippen molar-refractivity contribution in [3.05, 3.63) is 30.3 Å². The van der Waals surface area contributed by atoms with Crippen LogP contribution >= 0.6 is 0 Å². The van der Waals surface area contributed by atoms with Crippen molar-refractivity contribution in [3.63, 3.8) is 0 Å². The summed E-state index contributed by atoms with van der Waals surface area (Å²) in [5.41, 5.74) is 0. The third-order valence-electron chi connectivity index (χ3n) is 1.82. The minimum absolute atomic E-state index is 0.176. The van der Waals surface area contributed by atoms with E-state index in [0.29, 0.717) is 0 Å². The fourth-order valence-corrected chi connectivity index (χ4v) is 1.56. The molecule has 8 nitrogen and oxygen atoms in total. The third-order valence-corrected chi connectivity index (χ3v) is 2.60. The molecule has 0 aliphatic carbocycles. The summed E-state index contributed by atoms with van der Waals surface area (Å²) in [5, 5.41) is 6.73. The van der Waals surface area contributed by atoms with Crippen LogP contribution in [0.4, 0.5) is 5.95 Å². The highest BCUT2D eigenvalue weighted by Gasteiger charge is 2.17. The molecule has 0 bridgehead atoms.